The molecule has 126 valence electrons. The third-order valence-electron chi connectivity index (χ3n) is 3.92. The predicted octanol–water partition coefficient (Wildman–Crippen LogP) is 3.14. The molecule has 0 saturated heterocycles. The number of aliphatic imine (C=N–C) groups is 1. The van der Waals surface area contributed by atoms with Gasteiger partial charge in [0.1, 0.15) is 0 Å². The highest BCUT2D eigenvalue weighted by molar-refractivity contribution is 7.10. The number of rotatable bonds is 10. The summed E-state index contributed by atoms with van der Waals surface area (Å²) in [6.07, 6.45) is 2.41. The van der Waals surface area contributed by atoms with Gasteiger partial charge in [-0.05, 0) is 43.9 Å². The van der Waals surface area contributed by atoms with E-state index in [0.717, 1.165) is 32.1 Å². The smallest absolute Gasteiger partial charge is 0.190 e. The van der Waals surface area contributed by atoms with E-state index < -0.39 is 0 Å². The Kier molecular flexibility index (Phi) is 9.91. The molecular weight excluding hydrogens is 292 g/mol. The van der Waals surface area contributed by atoms with E-state index in [0.29, 0.717) is 5.92 Å². The van der Waals surface area contributed by atoms with Crippen LogP contribution < -0.4 is 10.6 Å². The van der Waals surface area contributed by atoms with Crippen LogP contribution in [0.4, 0.5) is 0 Å². The van der Waals surface area contributed by atoms with E-state index in [1.165, 1.54) is 24.3 Å². The molecule has 0 radical (unpaired) electrons. The van der Waals surface area contributed by atoms with Crippen LogP contribution in [0.3, 0.4) is 0 Å². The fourth-order valence-corrected chi connectivity index (χ4v) is 3.14. The van der Waals surface area contributed by atoms with Crippen molar-refractivity contribution in [3.05, 3.63) is 22.4 Å². The van der Waals surface area contributed by atoms with Crippen LogP contribution >= 0.6 is 11.3 Å². The molecule has 0 aliphatic heterocycles. The fraction of sp³-hybridized carbons (Fsp3) is 0.706. The van der Waals surface area contributed by atoms with Gasteiger partial charge in [-0.3, -0.25) is 4.99 Å². The molecule has 0 bridgehead atoms. The van der Waals surface area contributed by atoms with Gasteiger partial charge in [0.25, 0.3) is 0 Å². The number of nitrogens with one attached hydrogen (secondary N) is 2. The first kappa shape index (κ1) is 19.0. The molecule has 1 rings (SSSR count). The molecule has 0 aromatic carbocycles. The van der Waals surface area contributed by atoms with Crippen LogP contribution in [0.5, 0.6) is 0 Å². The van der Waals surface area contributed by atoms with Crippen LogP contribution in [0, 0.1) is 0 Å². The lowest BCUT2D eigenvalue weighted by Gasteiger charge is -2.18. The number of thiophene rings is 1. The zero-order chi connectivity index (χ0) is 16.2. The number of hydrogen-bond acceptors (Lipinski definition) is 3. The first-order valence-electron chi connectivity index (χ1n) is 8.41. The third-order valence-corrected chi connectivity index (χ3v) is 5.02. The Morgan fingerprint density at radius 1 is 1.27 bits per heavy atom. The van der Waals surface area contributed by atoms with Crippen LogP contribution in [0.15, 0.2) is 22.5 Å². The van der Waals surface area contributed by atoms with Gasteiger partial charge in [0.15, 0.2) is 5.96 Å². The monoisotopic (exact) mass is 324 g/mol. The molecule has 0 aliphatic rings. The maximum absolute atomic E-state index is 4.29. The summed E-state index contributed by atoms with van der Waals surface area (Å²) >= 11 is 1.82. The summed E-state index contributed by atoms with van der Waals surface area (Å²) in [5.41, 5.74) is 0. The van der Waals surface area contributed by atoms with Crippen LogP contribution in [0.25, 0.3) is 0 Å². The van der Waals surface area contributed by atoms with Gasteiger partial charge in [-0.15, -0.1) is 11.3 Å². The summed E-state index contributed by atoms with van der Waals surface area (Å²) in [7, 11) is 1.83. The van der Waals surface area contributed by atoms with Crippen LogP contribution in [0.1, 0.15) is 44.4 Å². The van der Waals surface area contributed by atoms with Crippen molar-refractivity contribution in [3.63, 3.8) is 0 Å². The summed E-state index contributed by atoms with van der Waals surface area (Å²) in [6.45, 7) is 12.1. The molecule has 4 nitrogen and oxygen atoms in total. The molecule has 1 heterocycles. The minimum absolute atomic E-state index is 0.515. The van der Waals surface area contributed by atoms with Crippen molar-refractivity contribution in [2.45, 2.75) is 39.5 Å². The Morgan fingerprint density at radius 3 is 2.64 bits per heavy atom. The van der Waals surface area contributed by atoms with Gasteiger partial charge >= 0.3 is 0 Å². The highest BCUT2D eigenvalue weighted by Gasteiger charge is 2.07. The Hall–Kier alpha value is -1.07. The quantitative estimate of drug-likeness (QED) is 0.394. The zero-order valence-corrected chi connectivity index (χ0v) is 15.4. The molecule has 0 amide bonds. The number of hydrogen-bond donors (Lipinski definition) is 2. The van der Waals surface area contributed by atoms with Gasteiger partial charge in [-0.1, -0.05) is 26.8 Å². The van der Waals surface area contributed by atoms with Gasteiger partial charge in [-0.25, -0.2) is 0 Å². The van der Waals surface area contributed by atoms with E-state index in [-0.39, 0.29) is 0 Å². The summed E-state index contributed by atoms with van der Waals surface area (Å²) in [5, 5.41) is 8.95. The average Bonchev–Trinajstić information content (AvgIpc) is 3.08. The molecule has 0 aliphatic carbocycles. The predicted molar refractivity (Wildman–Crippen MR) is 99.1 cm³/mol. The minimum Gasteiger partial charge on any atom is -0.356 e. The molecule has 0 spiro atoms. The second-order valence-corrected chi connectivity index (χ2v) is 6.51. The van der Waals surface area contributed by atoms with Crippen LogP contribution in [-0.4, -0.2) is 50.6 Å². The molecule has 1 unspecified atom stereocenters. The molecule has 0 fully saturated rings. The van der Waals surface area contributed by atoms with Crippen LogP contribution in [0.2, 0.25) is 0 Å². The lowest BCUT2D eigenvalue weighted by molar-refractivity contribution is 0.297. The lowest BCUT2D eigenvalue weighted by Crippen LogP contribution is -2.39. The second kappa shape index (κ2) is 11.5. The van der Waals surface area contributed by atoms with E-state index in [9.17, 15) is 0 Å². The first-order chi connectivity index (χ1) is 10.7. The van der Waals surface area contributed by atoms with E-state index in [1.54, 1.807) is 0 Å². The summed E-state index contributed by atoms with van der Waals surface area (Å²) in [4.78, 5) is 8.18. The van der Waals surface area contributed by atoms with Crippen molar-refractivity contribution < 1.29 is 0 Å². The standard InChI is InChI=1S/C17H32N4S/c1-5-21(6-2)12-8-7-11-19-17(18-4)20-14-15(3)16-10-9-13-22-16/h9-10,13,15H,5-8,11-12,14H2,1-4H3,(H2,18,19,20). The molecule has 0 saturated carbocycles. The highest BCUT2D eigenvalue weighted by Crippen LogP contribution is 2.19. The number of nitrogens with zero attached hydrogens (tertiary/aromatic N) is 2. The Labute approximate surface area is 140 Å². The molecule has 1 aromatic heterocycles. The van der Waals surface area contributed by atoms with E-state index in [4.69, 9.17) is 0 Å². The summed E-state index contributed by atoms with van der Waals surface area (Å²) in [6, 6.07) is 4.31. The van der Waals surface area contributed by atoms with Gasteiger partial charge in [0.05, 0.1) is 0 Å². The third kappa shape index (κ3) is 7.27. The largest absolute Gasteiger partial charge is 0.356 e. The Balaban J connectivity index is 2.15. The van der Waals surface area contributed by atoms with Crippen molar-refractivity contribution in [3.8, 4) is 0 Å². The van der Waals surface area contributed by atoms with Crippen molar-refractivity contribution in [1.29, 1.82) is 0 Å². The van der Waals surface area contributed by atoms with Crippen molar-refractivity contribution in [2.24, 2.45) is 4.99 Å². The molecule has 2 N–H and O–H groups in total. The second-order valence-electron chi connectivity index (χ2n) is 5.53. The minimum atomic E-state index is 0.515. The maximum atomic E-state index is 4.29. The molecular formula is C17H32N4S. The fourth-order valence-electron chi connectivity index (χ4n) is 2.35. The summed E-state index contributed by atoms with van der Waals surface area (Å²) in [5.74, 6) is 1.42. The average molecular weight is 325 g/mol. The van der Waals surface area contributed by atoms with Gasteiger partial charge in [0, 0.05) is 30.9 Å². The summed E-state index contributed by atoms with van der Waals surface area (Å²) < 4.78 is 0. The van der Waals surface area contributed by atoms with Crippen molar-refractivity contribution >= 4 is 17.3 Å². The molecule has 1 atom stereocenters. The van der Waals surface area contributed by atoms with Crippen LogP contribution in [-0.2, 0) is 0 Å². The molecule has 22 heavy (non-hydrogen) atoms. The lowest BCUT2D eigenvalue weighted by atomic mass is 10.1. The molecule has 1 aromatic rings. The molecule has 5 heteroatoms. The maximum Gasteiger partial charge on any atom is 0.190 e. The SMILES string of the molecule is CCN(CC)CCCCNC(=NC)NCC(C)c1cccs1. The zero-order valence-electron chi connectivity index (χ0n) is 14.6. The number of unbranched alkanes of at least 4 members (excludes halogenated alkanes) is 1. The van der Waals surface area contributed by atoms with Gasteiger partial charge in [0.2, 0.25) is 0 Å². The normalized spacial score (nSPS) is 13.4. The van der Waals surface area contributed by atoms with Crippen molar-refractivity contribution in [1.82, 2.24) is 15.5 Å². The van der Waals surface area contributed by atoms with E-state index in [2.05, 4.69) is 58.8 Å². The first-order valence-corrected chi connectivity index (χ1v) is 9.29. The number of guanidine groups is 1. The topological polar surface area (TPSA) is 39.7 Å². The Bertz CT molecular complexity index is 399. The van der Waals surface area contributed by atoms with Gasteiger partial charge in [-0.2, -0.15) is 0 Å². The van der Waals surface area contributed by atoms with Gasteiger partial charge < -0.3 is 15.5 Å². The van der Waals surface area contributed by atoms with E-state index >= 15 is 0 Å². The highest BCUT2D eigenvalue weighted by atomic mass is 32.1. The Morgan fingerprint density at radius 2 is 2.05 bits per heavy atom. The van der Waals surface area contributed by atoms with Crippen molar-refractivity contribution in [2.75, 3.05) is 39.8 Å². The van der Waals surface area contributed by atoms with E-state index in [1.807, 2.05) is 18.4 Å².